The third-order valence-electron chi connectivity index (χ3n) is 5.05. The van der Waals surface area contributed by atoms with Crippen molar-refractivity contribution < 1.29 is 4.39 Å². The lowest BCUT2D eigenvalue weighted by Gasteiger charge is -2.12. The van der Waals surface area contributed by atoms with Crippen molar-refractivity contribution in [3.63, 3.8) is 0 Å². The van der Waals surface area contributed by atoms with Crippen LogP contribution in [0.4, 0.5) is 15.9 Å². The van der Waals surface area contributed by atoms with Gasteiger partial charge in [0.05, 0.1) is 5.39 Å². The maximum Gasteiger partial charge on any atom is 0.138 e. The second-order valence-electron chi connectivity index (χ2n) is 6.94. The Morgan fingerprint density at radius 2 is 1.63 bits per heavy atom. The van der Waals surface area contributed by atoms with Crippen molar-refractivity contribution in [3.8, 4) is 11.1 Å². The minimum atomic E-state index is -0.243. The monoisotopic (exact) mass is 414 g/mol. The molecule has 0 aliphatic carbocycles. The quantitative estimate of drug-likeness (QED) is 0.326. The van der Waals surface area contributed by atoms with Crippen LogP contribution in [0.25, 0.3) is 32.1 Å². The maximum absolute atomic E-state index is 13.3. The van der Waals surface area contributed by atoms with E-state index < -0.39 is 0 Å². The maximum atomic E-state index is 13.3. The first kappa shape index (κ1) is 18.5. The van der Waals surface area contributed by atoms with Gasteiger partial charge in [-0.15, -0.1) is 11.3 Å². The smallest absolute Gasteiger partial charge is 0.138 e. The second-order valence-corrected chi connectivity index (χ2v) is 7.80. The van der Waals surface area contributed by atoms with Crippen LogP contribution in [0.1, 0.15) is 0 Å². The molecule has 0 amide bonds. The molecule has 0 atom stereocenters. The summed E-state index contributed by atoms with van der Waals surface area (Å²) < 4.78 is 13.3. The molecule has 2 heterocycles. The van der Waals surface area contributed by atoms with Crippen molar-refractivity contribution in [2.24, 2.45) is 0 Å². The van der Waals surface area contributed by atoms with E-state index in [4.69, 9.17) is 0 Å². The van der Waals surface area contributed by atoms with E-state index in [1.807, 2.05) is 11.4 Å². The van der Waals surface area contributed by atoms with E-state index in [1.54, 1.807) is 29.8 Å². The van der Waals surface area contributed by atoms with Gasteiger partial charge in [-0.1, -0.05) is 48.5 Å². The molecule has 3 aromatic carbocycles. The molecule has 5 rings (SSSR count). The molecule has 0 spiro atoms. The van der Waals surface area contributed by atoms with Crippen LogP contribution in [0.5, 0.6) is 0 Å². The second kappa shape index (κ2) is 8.08. The first-order valence-corrected chi connectivity index (χ1v) is 10.6. The highest BCUT2D eigenvalue weighted by Crippen LogP contribution is 2.36. The van der Waals surface area contributed by atoms with Crippen molar-refractivity contribution in [1.82, 2.24) is 9.97 Å². The number of halogens is 1. The molecule has 4 nitrogen and oxygen atoms in total. The number of anilines is 2. The summed E-state index contributed by atoms with van der Waals surface area (Å²) in [6.45, 7) is 1.45. The molecule has 2 aromatic heterocycles. The van der Waals surface area contributed by atoms with Gasteiger partial charge in [-0.3, -0.25) is 0 Å². The van der Waals surface area contributed by atoms with Crippen LogP contribution < -0.4 is 10.6 Å². The van der Waals surface area contributed by atoms with Crippen LogP contribution in [0.2, 0.25) is 0 Å². The summed E-state index contributed by atoms with van der Waals surface area (Å²) in [5.41, 5.74) is 3.08. The largest absolute Gasteiger partial charge is 0.383 e. The molecule has 0 saturated carbocycles. The molecule has 6 heteroatoms. The zero-order valence-electron chi connectivity index (χ0n) is 16.1. The number of benzene rings is 3. The number of hydrogen-bond donors (Lipinski definition) is 2. The summed E-state index contributed by atoms with van der Waals surface area (Å²) in [6.07, 6.45) is 1.58. The lowest BCUT2D eigenvalue weighted by atomic mass is 10.1. The fourth-order valence-corrected chi connectivity index (χ4v) is 4.52. The van der Waals surface area contributed by atoms with E-state index >= 15 is 0 Å². The molecule has 0 bridgehead atoms. The number of hydrogen-bond acceptors (Lipinski definition) is 5. The molecule has 0 radical (unpaired) electrons. The molecule has 30 heavy (non-hydrogen) atoms. The van der Waals surface area contributed by atoms with Gasteiger partial charge >= 0.3 is 0 Å². The predicted molar refractivity (Wildman–Crippen MR) is 124 cm³/mol. The highest BCUT2D eigenvalue weighted by atomic mass is 32.1. The van der Waals surface area contributed by atoms with Crippen LogP contribution in [-0.4, -0.2) is 23.1 Å². The van der Waals surface area contributed by atoms with Crippen molar-refractivity contribution in [2.45, 2.75) is 0 Å². The minimum Gasteiger partial charge on any atom is -0.383 e. The molecular formula is C24H19FN4S. The highest BCUT2D eigenvalue weighted by molar-refractivity contribution is 7.17. The lowest BCUT2D eigenvalue weighted by Crippen LogP contribution is -2.14. The van der Waals surface area contributed by atoms with E-state index in [-0.39, 0.29) is 5.82 Å². The van der Waals surface area contributed by atoms with Gasteiger partial charge in [0.15, 0.2) is 0 Å². The van der Waals surface area contributed by atoms with Gasteiger partial charge in [-0.05, 0) is 29.1 Å². The third kappa shape index (κ3) is 3.57. The predicted octanol–water partition coefficient (Wildman–Crippen LogP) is 6.17. The Hall–Kier alpha value is -3.51. The molecule has 148 valence electrons. The Labute approximate surface area is 177 Å². The minimum absolute atomic E-state index is 0.243. The van der Waals surface area contributed by atoms with Crippen LogP contribution in [-0.2, 0) is 0 Å². The van der Waals surface area contributed by atoms with Crippen molar-refractivity contribution in [2.75, 3.05) is 23.7 Å². The van der Waals surface area contributed by atoms with Crippen LogP contribution in [0.3, 0.4) is 0 Å². The average Bonchev–Trinajstić information content (AvgIpc) is 3.22. The Morgan fingerprint density at radius 1 is 0.833 bits per heavy atom. The Balaban J connectivity index is 1.34. The van der Waals surface area contributed by atoms with Gasteiger partial charge in [0, 0.05) is 35.1 Å². The highest BCUT2D eigenvalue weighted by Gasteiger charge is 2.13. The van der Waals surface area contributed by atoms with E-state index in [1.165, 1.54) is 22.9 Å². The first-order valence-electron chi connectivity index (χ1n) is 9.73. The molecule has 0 fully saturated rings. The molecule has 2 N–H and O–H groups in total. The van der Waals surface area contributed by atoms with E-state index in [0.717, 1.165) is 39.4 Å². The van der Waals surface area contributed by atoms with Crippen LogP contribution >= 0.6 is 11.3 Å². The summed E-state index contributed by atoms with van der Waals surface area (Å²) in [5.74, 6) is 0.549. The van der Waals surface area contributed by atoms with Gasteiger partial charge in [0.2, 0.25) is 0 Å². The summed E-state index contributed by atoms with van der Waals surface area (Å²) in [7, 11) is 0. The number of aromatic nitrogens is 2. The number of nitrogens with zero attached hydrogens (tertiary/aromatic N) is 2. The summed E-state index contributed by atoms with van der Waals surface area (Å²) in [4.78, 5) is 9.76. The fraction of sp³-hybridized carbons (Fsp3) is 0.0833. The van der Waals surface area contributed by atoms with E-state index in [2.05, 4.69) is 57.0 Å². The zero-order chi connectivity index (χ0) is 20.3. The number of rotatable bonds is 6. The lowest BCUT2D eigenvalue weighted by molar-refractivity contribution is 0.628. The van der Waals surface area contributed by atoms with Gasteiger partial charge in [0.25, 0.3) is 0 Å². The SMILES string of the molecule is Fc1ccc(-c2csc3ncnc(NCCNc4cccc5ccccc45)c23)cc1. The van der Waals surface area contributed by atoms with Crippen molar-refractivity contribution in [3.05, 3.63) is 84.3 Å². The fourth-order valence-electron chi connectivity index (χ4n) is 3.61. The Morgan fingerprint density at radius 3 is 2.53 bits per heavy atom. The summed E-state index contributed by atoms with van der Waals surface area (Å²) >= 11 is 1.56. The van der Waals surface area contributed by atoms with Gasteiger partial charge in [0.1, 0.15) is 22.8 Å². The number of fused-ring (bicyclic) bond motifs is 2. The Kier molecular flexibility index (Phi) is 4.99. The van der Waals surface area contributed by atoms with E-state index in [9.17, 15) is 4.39 Å². The van der Waals surface area contributed by atoms with Crippen LogP contribution in [0.15, 0.2) is 78.4 Å². The van der Waals surface area contributed by atoms with E-state index in [0.29, 0.717) is 6.54 Å². The molecule has 0 aliphatic heterocycles. The molecular weight excluding hydrogens is 395 g/mol. The van der Waals surface area contributed by atoms with Crippen LogP contribution in [0, 0.1) is 5.82 Å². The summed E-state index contributed by atoms with van der Waals surface area (Å²) in [6, 6.07) is 21.1. The van der Waals surface area contributed by atoms with Gasteiger partial charge in [-0.2, -0.15) is 0 Å². The number of thiophene rings is 1. The summed E-state index contributed by atoms with van der Waals surface area (Å²) in [5, 5.41) is 12.4. The number of nitrogens with one attached hydrogen (secondary N) is 2. The van der Waals surface area contributed by atoms with Gasteiger partial charge < -0.3 is 10.6 Å². The van der Waals surface area contributed by atoms with Crippen molar-refractivity contribution >= 4 is 43.8 Å². The molecule has 5 aromatic rings. The third-order valence-corrected chi connectivity index (χ3v) is 5.93. The average molecular weight is 415 g/mol. The molecule has 0 unspecified atom stereocenters. The topological polar surface area (TPSA) is 49.8 Å². The van der Waals surface area contributed by atoms with Gasteiger partial charge in [-0.25, -0.2) is 14.4 Å². The normalized spacial score (nSPS) is 11.1. The molecule has 0 saturated heterocycles. The first-order chi connectivity index (χ1) is 14.8. The molecule has 0 aliphatic rings. The van der Waals surface area contributed by atoms with Crippen molar-refractivity contribution in [1.29, 1.82) is 0 Å². The zero-order valence-corrected chi connectivity index (χ0v) is 16.9. The standard InChI is InChI=1S/C24H19FN4S/c25-18-10-8-17(9-11-18)20-14-30-24-22(20)23(28-15-29-24)27-13-12-26-21-7-3-5-16-4-1-2-6-19(16)21/h1-11,14-15,26H,12-13H2,(H,27,28,29). The Bertz CT molecular complexity index is 1310.